The van der Waals surface area contributed by atoms with Gasteiger partial charge in [-0.3, -0.25) is 4.79 Å². The molecule has 68 valence electrons. The van der Waals surface area contributed by atoms with Crippen LogP contribution in [0.15, 0.2) is 35.5 Å². The van der Waals surface area contributed by atoms with E-state index in [9.17, 15) is 4.79 Å². The Morgan fingerprint density at radius 1 is 1.38 bits per heavy atom. The van der Waals surface area contributed by atoms with Gasteiger partial charge in [0.05, 0.1) is 0 Å². The van der Waals surface area contributed by atoms with Crippen molar-refractivity contribution in [2.45, 2.75) is 0 Å². The van der Waals surface area contributed by atoms with E-state index in [1.807, 2.05) is 6.07 Å². The maximum atomic E-state index is 10.9. The summed E-state index contributed by atoms with van der Waals surface area (Å²) < 4.78 is 0. The van der Waals surface area contributed by atoms with Gasteiger partial charge >= 0.3 is 0 Å². The Morgan fingerprint density at radius 3 is 2.46 bits per heavy atom. The van der Waals surface area contributed by atoms with E-state index in [4.69, 9.17) is 5.73 Å². The zero-order chi connectivity index (χ0) is 9.68. The number of benzene rings is 1. The Labute approximate surface area is 76.0 Å². The molecule has 2 N–H and O–H groups in total. The first-order valence-electron chi connectivity index (χ1n) is 3.72. The van der Waals surface area contributed by atoms with Crippen molar-refractivity contribution in [1.82, 2.24) is 0 Å². The second-order valence-corrected chi connectivity index (χ2v) is 2.35. The molecule has 0 saturated carbocycles. The van der Waals surface area contributed by atoms with Gasteiger partial charge in [-0.05, 0) is 0 Å². The van der Waals surface area contributed by atoms with E-state index in [1.54, 1.807) is 24.3 Å². The van der Waals surface area contributed by atoms with Crippen LogP contribution in [-0.4, -0.2) is 18.7 Å². The molecule has 4 nitrogen and oxygen atoms in total. The fourth-order valence-electron chi connectivity index (χ4n) is 0.927. The molecular weight excluding hydrogens is 168 g/mol. The molecule has 4 heteroatoms. The quantitative estimate of drug-likeness (QED) is 0.541. The third kappa shape index (κ3) is 2.30. The molecule has 0 aliphatic rings. The van der Waals surface area contributed by atoms with Crippen LogP contribution in [0, 0.1) is 0 Å². The predicted octanol–water partition coefficient (Wildman–Crippen LogP) is 0.522. The third-order valence-electron chi connectivity index (χ3n) is 1.46. The number of rotatable bonds is 3. The van der Waals surface area contributed by atoms with Crippen LogP contribution >= 0.6 is 0 Å². The molecule has 1 rings (SSSR count). The molecule has 0 unspecified atom stereocenters. The molecular formula is C9H10N2O2. The van der Waals surface area contributed by atoms with Crippen molar-refractivity contribution in [2.75, 3.05) is 7.11 Å². The normalized spacial score (nSPS) is 11.0. The molecule has 0 saturated heterocycles. The summed E-state index contributed by atoms with van der Waals surface area (Å²) in [4.78, 5) is 15.4. The van der Waals surface area contributed by atoms with Gasteiger partial charge in [0.25, 0.3) is 5.91 Å². The SMILES string of the molecule is CO/N=C(/C(N)=O)c1ccccc1. The molecule has 0 atom stereocenters. The summed E-state index contributed by atoms with van der Waals surface area (Å²) in [5.41, 5.74) is 5.88. The number of carbonyl (C=O) groups is 1. The fraction of sp³-hybridized carbons (Fsp3) is 0.111. The van der Waals surface area contributed by atoms with Crippen molar-refractivity contribution in [1.29, 1.82) is 0 Å². The zero-order valence-corrected chi connectivity index (χ0v) is 7.23. The highest BCUT2D eigenvalue weighted by Gasteiger charge is 2.09. The van der Waals surface area contributed by atoms with Gasteiger partial charge in [0.15, 0.2) is 5.71 Å². The number of hydrogen-bond acceptors (Lipinski definition) is 3. The summed E-state index contributed by atoms with van der Waals surface area (Å²) in [6, 6.07) is 8.91. The highest BCUT2D eigenvalue weighted by atomic mass is 16.6. The van der Waals surface area contributed by atoms with E-state index >= 15 is 0 Å². The van der Waals surface area contributed by atoms with Gasteiger partial charge in [0.2, 0.25) is 0 Å². The van der Waals surface area contributed by atoms with Crippen molar-refractivity contribution < 1.29 is 9.63 Å². The van der Waals surface area contributed by atoms with Crippen LogP contribution in [0.25, 0.3) is 0 Å². The second-order valence-electron chi connectivity index (χ2n) is 2.35. The van der Waals surface area contributed by atoms with Crippen LogP contribution in [0.4, 0.5) is 0 Å². The summed E-state index contributed by atoms with van der Waals surface area (Å²) in [5, 5.41) is 3.54. The van der Waals surface area contributed by atoms with Crippen molar-refractivity contribution in [3.8, 4) is 0 Å². The minimum Gasteiger partial charge on any atom is -0.398 e. The average molecular weight is 178 g/mol. The number of primary amides is 1. The molecule has 0 radical (unpaired) electrons. The predicted molar refractivity (Wildman–Crippen MR) is 49.2 cm³/mol. The van der Waals surface area contributed by atoms with E-state index in [-0.39, 0.29) is 5.71 Å². The molecule has 0 aromatic heterocycles. The first kappa shape index (κ1) is 9.25. The van der Waals surface area contributed by atoms with Crippen molar-refractivity contribution in [2.24, 2.45) is 10.9 Å². The molecule has 0 aliphatic carbocycles. The lowest BCUT2D eigenvalue weighted by atomic mass is 10.1. The van der Waals surface area contributed by atoms with Crippen molar-refractivity contribution in [3.05, 3.63) is 35.9 Å². The minimum absolute atomic E-state index is 0.128. The van der Waals surface area contributed by atoms with Gasteiger partial charge in [-0.15, -0.1) is 0 Å². The van der Waals surface area contributed by atoms with Gasteiger partial charge < -0.3 is 10.6 Å². The topological polar surface area (TPSA) is 64.7 Å². The van der Waals surface area contributed by atoms with Gasteiger partial charge in [0.1, 0.15) is 7.11 Å². The number of amides is 1. The monoisotopic (exact) mass is 178 g/mol. The Kier molecular flexibility index (Phi) is 3.03. The standard InChI is InChI=1S/C9H10N2O2/c1-13-11-8(9(10)12)7-5-3-2-4-6-7/h2-6H,1H3,(H2,10,12)/b11-8+. The van der Waals surface area contributed by atoms with E-state index in [0.717, 1.165) is 0 Å². The molecule has 1 amide bonds. The lowest BCUT2D eigenvalue weighted by molar-refractivity contribution is -0.112. The molecule has 13 heavy (non-hydrogen) atoms. The highest BCUT2D eigenvalue weighted by Crippen LogP contribution is 2.00. The molecule has 0 heterocycles. The van der Waals surface area contributed by atoms with E-state index in [1.165, 1.54) is 7.11 Å². The van der Waals surface area contributed by atoms with Crippen LogP contribution < -0.4 is 5.73 Å². The van der Waals surface area contributed by atoms with E-state index < -0.39 is 5.91 Å². The lowest BCUT2D eigenvalue weighted by Crippen LogP contribution is -2.24. The van der Waals surface area contributed by atoms with Crippen LogP contribution in [0.5, 0.6) is 0 Å². The molecule has 1 aromatic rings. The molecule has 0 bridgehead atoms. The van der Waals surface area contributed by atoms with Crippen LogP contribution in [0.3, 0.4) is 0 Å². The van der Waals surface area contributed by atoms with E-state index in [2.05, 4.69) is 9.99 Å². The maximum Gasteiger partial charge on any atom is 0.271 e. The largest absolute Gasteiger partial charge is 0.398 e. The summed E-state index contributed by atoms with van der Waals surface area (Å²) in [6.07, 6.45) is 0. The van der Waals surface area contributed by atoms with Gasteiger partial charge in [-0.1, -0.05) is 35.5 Å². The van der Waals surface area contributed by atoms with Gasteiger partial charge in [-0.2, -0.15) is 0 Å². The number of oxime groups is 1. The van der Waals surface area contributed by atoms with Gasteiger partial charge in [-0.25, -0.2) is 0 Å². The van der Waals surface area contributed by atoms with Crippen molar-refractivity contribution >= 4 is 11.6 Å². The Morgan fingerprint density at radius 2 is 2.00 bits per heavy atom. The minimum atomic E-state index is -0.604. The second kappa shape index (κ2) is 4.25. The fourth-order valence-corrected chi connectivity index (χ4v) is 0.927. The summed E-state index contributed by atoms with van der Waals surface area (Å²) in [7, 11) is 1.37. The summed E-state index contributed by atoms with van der Waals surface area (Å²) in [6.45, 7) is 0. The molecule has 1 aromatic carbocycles. The number of nitrogens with zero attached hydrogens (tertiary/aromatic N) is 1. The Bertz CT molecular complexity index is 320. The molecule has 0 aliphatic heterocycles. The number of carbonyl (C=O) groups excluding carboxylic acids is 1. The maximum absolute atomic E-state index is 10.9. The number of hydrogen-bond donors (Lipinski definition) is 1. The lowest BCUT2D eigenvalue weighted by Gasteiger charge is -1.99. The number of nitrogens with two attached hydrogens (primary N) is 1. The Balaban J connectivity index is 3.03. The van der Waals surface area contributed by atoms with Gasteiger partial charge in [0, 0.05) is 5.56 Å². The summed E-state index contributed by atoms with van der Waals surface area (Å²) in [5.74, 6) is -0.604. The third-order valence-corrected chi connectivity index (χ3v) is 1.46. The van der Waals surface area contributed by atoms with Crippen molar-refractivity contribution in [3.63, 3.8) is 0 Å². The first-order chi connectivity index (χ1) is 6.25. The smallest absolute Gasteiger partial charge is 0.271 e. The summed E-state index contributed by atoms with van der Waals surface area (Å²) >= 11 is 0. The average Bonchev–Trinajstić information content (AvgIpc) is 2.15. The zero-order valence-electron chi connectivity index (χ0n) is 7.23. The van der Waals surface area contributed by atoms with E-state index in [0.29, 0.717) is 5.56 Å². The highest BCUT2D eigenvalue weighted by molar-refractivity contribution is 6.44. The molecule has 0 fully saturated rings. The van der Waals surface area contributed by atoms with Crippen LogP contribution in [0.2, 0.25) is 0 Å². The molecule has 0 spiro atoms. The van der Waals surface area contributed by atoms with Crippen LogP contribution in [-0.2, 0) is 9.63 Å². The van der Waals surface area contributed by atoms with Crippen LogP contribution in [0.1, 0.15) is 5.56 Å². The Hall–Kier alpha value is -1.84. The first-order valence-corrected chi connectivity index (χ1v) is 3.72.